The fraction of sp³-hybridized carbons (Fsp3) is 0.536. The van der Waals surface area contributed by atoms with E-state index < -0.39 is 0 Å². The maximum absolute atomic E-state index is 13.5. The lowest BCUT2D eigenvalue weighted by atomic mass is 9.78. The topological polar surface area (TPSA) is 48.0 Å². The van der Waals surface area contributed by atoms with Crippen molar-refractivity contribution in [2.75, 3.05) is 33.4 Å². The number of amides is 1. The van der Waals surface area contributed by atoms with Crippen LogP contribution in [0.3, 0.4) is 0 Å². The van der Waals surface area contributed by atoms with E-state index in [-0.39, 0.29) is 22.7 Å². The van der Waals surface area contributed by atoms with Crippen LogP contribution in [0.1, 0.15) is 50.5 Å². The number of hydrogen-bond donors (Lipinski definition) is 0. The van der Waals surface area contributed by atoms with Crippen molar-refractivity contribution >= 4 is 5.91 Å². The lowest BCUT2D eigenvalue weighted by Crippen LogP contribution is -2.52. The number of carbonyl (C=O) groups is 1. The molecule has 2 aliphatic heterocycles. The molecular formula is C28H34FNO4. The highest BCUT2D eigenvalue weighted by molar-refractivity contribution is 5.91. The van der Waals surface area contributed by atoms with Crippen LogP contribution < -0.4 is 9.47 Å². The summed E-state index contributed by atoms with van der Waals surface area (Å²) in [5, 5.41) is 0. The summed E-state index contributed by atoms with van der Waals surface area (Å²) in [7, 11) is 1.66. The molecule has 6 heteroatoms. The van der Waals surface area contributed by atoms with Gasteiger partial charge in [-0.05, 0) is 92.8 Å². The number of halogens is 1. The van der Waals surface area contributed by atoms with Crippen molar-refractivity contribution in [3.63, 3.8) is 0 Å². The molecule has 2 saturated heterocycles. The Morgan fingerprint density at radius 3 is 2.35 bits per heavy atom. The Hall–Kier alpha value is -2.60. The van der Waals surface area contributed by atoms with Crippen molar-refractivity contribution < 1.29 is 23.4 Å². The largest absolute Gasteiger partial charge is 0.497 e. The summed E-state index contributed by atoms with van der Waals surface area (Å²) in [5.41, 5.74) is 0.644. The maximum atomic E-state index is 13.5. The molecule has 34 heavy (non-hydrogen) atoms. The summed E-state index contributed by atoms with van der Waals surface area (Å²) in [6.45, 7) is 2.91. The van der Waals surface area contributed by atoms with Crippen molar-refractivity contribution in [2.45, 2.75) is 56.0 Å². The molecule has 1 unspecified atom stereocenters. The standard InChI is InChI=1S/C28H34FNO4/c1-32-24-6-2-22(3-7-24)28(12-13-28)26(31)30-16-14-27(15-17-30)20-21(11-19-34-27)10-18-33-25-8-4-23(29)5-9-25/h2-9,21H,10-20H2,1H3. The van der Waals surface area contributed by atoms with Gasteiger partial charge in [-0.3, -0.25) is 4.79 Å². The maximum Gasteiger partial charge on any atom is 0.233 e. The molecule has 1 atom stereocenters. The van der Waals surface area contributed by atoms with Crippen molar-refractivity contribution in [3.05, 3.63) is 59.9 Å². The van der Waals surface area contributed by atoms with Crippen LogP contribution in [-0.2, 0) is 14.9 Å². The Balaban J connectivity index is 1.13. The molecule has 1 aliphatic carbocycles. The van der Waals surface area contributed by atoms with Gasteiger partial charge in [-0.2, -0.15) is 0 Å². The fourth-order valence-corrected chi connectivity index (χ4v) is 5.68. The molecule has 2 aromatic rings. The molecule has 182 valence electrons. The number of nitrogens with zero attached hydrogens (tertiary/aromatic N) is 1. The van der Waals surface area contributed by atoms with Crippen LogP contribution in [-0.4, -0.2) is 49.8 Å². The van der Waals surface area contributed by atoms with E-state index >= 15 is 0 Å². The van der Waals surface area contributed by atoms with Crippen LogP contribution in [0.15, 0.2) is 48.5 Å². The zero-order chi connectivity index (χ0) is 23.6. The molecule has 0 bridgehead atoms. The first-order valence-electron chi connectivity index (χ1n) is 12.5. The van der Waals surface area contributed by atoms with E-state index in [1.54, 1.807) is 19.2 Å². The molecule has 2 aromatic carbocycles. The molecule has 3 aliphatic rings. The zero-order valence-corrected chi connectivity index (χ0v) is 19.9. The van der Waals surface area contributed by atoms with Gasteiger partial charge in [0.15, 0.2) is 0 Å². The van der Waals surface area contributed by atoms with E-state index in [9.17, 15) is 9.18 Å². The van der Waals surface area contributed by atoms with Crippen LogP contribution in [0, 0.1) is 11.7 Å². The highest BCUT2D eigenvalue weighted by Crippen LogP contribution is 2.50. The lowest BCUT2D eigenvalue weighted by molar-refractivity contribution is -0.149. The number of carbonyl (C=O) groups excluding carboxylic acids is 1. The number of likely N-dealkylation sites (tertiary alicyclic amines) is 1. The summed E-state index contributed by atoms with van der Waals surface area (Å²) in [4.78, 5) is 15.5. The third-order valence-corrected chi connectivity index (χ3v) is 7.97. The Morgan fingerprint density at radius 2 is 1.71 bits per heavy atom. The molecule has 0 N–H and O–H groups in total. The molecular weight excluding hydrogens is 433 g/mol. The van der Waals surface area contributed by atoms with Crippen molar-refractivity contribution in [3.8, 4) is 11.5 Å². The Morgan fingerprint density at radius 1 is 1.03 bits per heavy atom. The highest BCUT2D eigenvalue weighted by atomic mass is 19.1. The predicted octanol–water partition coefficient (Wildman–Crippen LogP) is 5.12. The lowest BCUT2D eigenvalue weighted by Gasteiger charge is -2.46. The number of ether oxygens (including phenoxy) is 3. The minimum atomic E-state index is -0.343. The number of rotatable bonds is 7. The minimum absolute atomic E-state index is 0.119. The van der Waals surface area contributed by atoms with Crippen molar-refractivity contribution in [2.24, 2.45) is 5.92 Å². The van der Waals surface area contributed by atoms with E-state index in [0.29, 0.717) is 18.3 Å². The molecule has 0 aromatic heterocycles. The molecule has 0 radical (unpaired) electrons. The summed E-state index contributed by atoms with van der Waals surface area (Å²) >= 11 is 0. The molecule has 5 rings (SSSR count). The van der Waals surface area contributed by atoms with Gasteiger partial charge >= 0.3 is 0 Å². The molecule has 2 heterocycles. The zero-order valence-electron chi connectivity index (χ0n) is 19.9. The summed E-state index contributed by atoms with van der Waals surface area (Å²) in [6, 6.07) is 14.2. The third kappa shape index (κ3) is 4.78. The van der Waals surface area contributed by atoms with E-state index in [1.165, 1.54) is 12.1 Å². The van der Waals surface area contributed by atoms with Crippen LogP contribution in [0.4, 0.5) is 4.39 Å². The Bertz CT molecular complexity index is 978. The monoisotopic (exact) mass is 467 g/mol. The quantitative estimate of drug-likeness (QED) is 0.567. The average molecular weight is 468 g/mol. The van der Waals surface area contributed by atoms with Gasteiger partial charge in [0.05, 0.1) is 24.7 Å². The Labute approximate surface area is 201 Å². The molecule has 1 amide bonds. The van der Waals surface area contributed by atoms with Crippen LogP contribution >= 0.6 is 0 Å². The van der Waals surface area contributed by atoms with Crippen LogP contribution in [0.5, 0.6) is 11.5 Å². The van der Waals surface area contributed by atoms with Gasteiger partial charge in [-0.25, -0.2) is 4.39 Å². The molecule has 1 spiro atoms. The van der Waals surface area contributed by atoms with Gasteiger partial charge < -0.3 is 19.1 Å². The summed E-state index contributed by atoms with van der Waals surface area (Å²) in [5.74, 6) is 2.10. The molecule has 1 saturated carbocycles. The van der Waals surface area contributed by atoms with Gasteiger partial charge in [0, 0.05) is 19.7 Å². The van der Waals surface area contributed by atoms with E-state index in [2.05, 4.69) is 4.90 Å². The van der Waals surface area contributed by atoms with Gasteiger partial charge in [0.1, 0.15) is 17.3 Å². The molecule has 5 nitrogen and oxygen atoms in total. The van der Waals surface area contributed by atoms with Gasteiger partial charge in [0.25, 0.3) is 0 Å². The van der Waals surface area contributed by atoms with E-state index in [1.807, 2.05) is 24.3 Å². The number of hydrogen-bond acceptors (Lipinski definition) is 4. The van der Waals surface area contributed by atoms with E-state index in [4.69, 9.17) is 14.2 Å². The second kappa shape index (κ2) is 9.57. The molecule has 3 fully saturated rings. The first-order chi connectivity index (χ1) is 16.5. The average Bonchev–Trinajstić information content (AvgIpc) is 3.68. The third-order valence-electron chi connectivity index (χ3n) is 7.97. The predicted molar refractivity (Wildman–Crippen MR) is 128 cm³/mol. The van der Waals surface area contributed by atoms with Gasteiger partial charge in [-0.1, -0.05) is 12.1 Å². The number of benzene rings is 2. The highest BCUT2D eigenvalue weighted by Gasteiger charge is 2.54. The van der Waals surface area contributed by atoms with Gasteiger partial charge in [-0.15, -0.1) is 0 Å². The van der Waals surface area contributed by atoms with Gasteiger partial charge in [0.2, 0.25) is 5.91 Å². The SMILES string of the molecule is COc1ccc(C2(C(=O)N3CCC4(CC3)CC(CCOc3ccc(F)cc3)CCO4)CC2)cc1. The van der Waals surface area contributed by atoms with Crippen molar-refractivity contribution in [1.29, 1.82) is 0 Å². The van der Waals surface area contributed by atoms with E-state index in [0.717, 1.165) is 76.0 Å². The smallest absolute Gasteiger partial charge is 0.233 e. The normalized spacial score (nSPS) is 22.9. The van der Waals surface area contributed by atoms with Crippen LogP contribution in [0.2, 0.25) is 0 Å². The first-order valence-corrected chi connectivity index (χ1v) is 12.5. The first kappa shape index (κ1) is 23.2. The van der Waals surface area contributed by atoms with Crippen molar-refractivity contribution in [1.82, 2.24) is 4.90 Å². The Kier molecular flexibility index (Phi) is 6.52. The second-order valence-corrected chi connectivity index (χ2v) is 10.1. The minimum Gasteiger partial charge on any atom is -0.497 e. The summed E-state index contributed by atoms with van der Waals surface area (Å²) in [6.07, 6.45) is 6.66. The fourth-order valence-electron chi connectivity index (χ4n) is 5.68. The summed E-state index contributed by atoms with van der Waals surface area (Å²) < 4.78 is 30.5. The second-order valence-electron chi connectivity index (χ2n) is 10.1. The number of methoxy groups -OCH3 is 1. The van der Waals surface area contributed by atoms with Crippen LogP contribution in [0.25, 0.3) is 0 Å². The number of piperidine rings is 1.